The summed E-state index contributed by atoms with van der Waals surface area (Å²) >= 11 is 0. The van der Waals surface area contributed by atoms with E-state index in [1.54, 1.807) is 4.90 Å². The molecule has 0 spiro atoms. The predicted molar refractivity (Wildman–Crippen MR) is 55.6 cm³/mol. The Bertz CT molecular complexity index is 317. The number of hydrogen-bond acceptors (Lipinski definition) is 2. The Balaban J connectivity index is 2.33. The minimum atomic E-state index is -0.436. The van der Waals surface area contributed by atoms with Crippen molar-refractivity contribution in [1.82, 2.24) is 4.90 Å². The average Bonchev–Trinajstić information content (AvgIpc) is 2.32. The fraction of sp³-hybridized carbons (Fsp3) is 0.545. The minimum Gasteiger partial charge on any atom is -0.344 e. The third-order valence-electron chi connectivity index (χ3n) is 3.04. The summed E-state index contributed by atoms with van der Waals surface area (Å²) in [7, 11) is 1.82. The van der Waals surface area contributed by atoms with Gasteiger partial charge in [-0.2, -0.15) is 0 Å². The fourth-order valence-electron chi connectivity index (χ4n) is 2.11. The van der Waals surface area contributed by atoms with Gasteiger partial charge in [-0.05, 0) is 24.8 Å². The molecule has 1 heterocycles. The molecule has 0 fully saturated rings. The molecule has 1 unspecified atom stereocenters. The van der Waals surface area contributed by atoms with Gasteiger partial charge in [-0.1, -0.05) is 17.7 Å². The van der Waals surface area contributed by atoms with Crippen molar-refractivity contribution in [2.24, 2.45) is 5.73 Å². The number of allylic oxidation sites excluding steroid dienone is 1. The van der Waals surface area contributed by atoms with Crippen LogP contribution in [0.1, 0.15) is 19.3 Å². The first-order valence-corrected chi connectivity index (χ1v) is 5.09. The van der Waals surface area contributed by atoms with Crippen LogP contribution in [0.5, 0.6) is 0 Å². The number of carbonyl (C=O) groups is 1. The first-order valence-electron chi connectivity index (χ1n) is 5.09. The van der Waals surface area contributed by atoms with Gasteiger partial charge in [0.2, 0.25) is 5.91 Å². The zero-order valence-corrected chi connectivity index (χ0v) is 8.49. The highest BCUT2D eigenvalue weighted by Crippen LogP contribution is 2.26. The molecule has 1 atom stereocenters. The van der Waals surface area contributed by atoms with Crippen molar-refractivity contribution >= 4 is 5.91 Å². The van der Waals surface area contributed by atoms with E-state index in [0.717, 1.165) is 31.4 Å². The second-order valence-corrected chi connectivity index (χ2v) is 3.99. The van der Waals surface area contributed by atoms with Crippen LogP contribution in [0.3, 0.4) is 0 Å². The Kier molecular flexibility index (Phi) is 2.42. The van der Waals surface area contributed by atoms with E-state index < -0.39 is 6.04 Å². The number of nitrogens with zero attached hydrogens (tertiary/aromatic N) is 1. The smallest absolute Gasteiger partial charge is 0.243 e. The van der Waals surface area contributed by atoms with Crippen LogP contribution in [0, 0.1) is 0 Å². The standard InChI is InChI=1S/C11H16N2O/c1-13-7-6-8-4-2-3-5-9(8)10(12)11(13)14/h3,5,10H,2,4,6-7,12H2,1H3. The van der Waals surface area contributed by atoms with Crippen LogP contribution in [-0.4, -0.2) is 30.4 Å². The summed E-state index contributed by atoms with van der Waals surface area (Å²) in [6.07, 6.45) is 7.28. The van der Waals surface area contributed by atoms with Crippen molar-refractivity contribution in [3.05, 3.63) is 23.3 Å². The predicted octanol–water partition coefficient (Wildman–Crippen LogP) is 0.822. The first-order chi connectivity index (χ1) is 6.70. The largest absolute Gasteiger partial charge is 0.344 e. The molecule has 0 aromatic carbocycles. The average molecular weight is 192 g/mol. The Morgan fingerprint density at radius 3 is 3.07 bits per heavy atom. The molecule has 2 N–H and O–H groups in total. The SMILES string of the molecule is CN1CCC2=C(C=CCC2)C(N)C1=O. The van der Waals surface area contributed by atoms with E-state index in [1.165, 1.54) is 5.57 Å². The van der Waals surface area contributed by atoms with Gasteiger partial charge in [-0.15, -0.1) is 0 Å². The zero-order chi connectivity index (χ0) is 10.1. The topological polar surface area (TPSA) is 46.3 Å². The monoisotopic (exact) mass is 192 g/mol. The number of nitrogens with two attached hydrogens (primary N) is 1. The van der Waals surface area contributed by atoms with E-state index in [9.17, 15) is 4.79 Å². The van der Waals surface area contributed by atoms with Crippen LogP contribution in [0.4, 0.5) is 0 Å². The van der Waals surface area contributed by atoms with E-state index in [0.29, 0.717) is 0 Å². The van der Waals surface area contributed by atoms with Crippen molar-refractivity contribution in [2.45, 2.75) is 25.3 Å². The molecule has 0 aromatic heterocycles. The van der Waals surface area contributed by atoms with Crippen molar-refractivity contribution in [3.8, 4) is 0 Å². The van der Waals surface area contributed by atoms with Gasteiger partial charge in [-0.3, -0.25) is 4.79 Å². The van der Waals surface area contributed by atoms with Crippen molar-refractivity contribution < 1.29 is 4.79 Å². The van der Waals surface area contributed by atoms with Gasteiger partial charge in [-0.25, -0.2) is 0 Å². The molecule has 2 aliphatic rings. The summed E-state index contributed by atoms with van der Waals surface area (Å²) in [5.74, 6) is 0.0431. The molecule has 3 heteroatoms. The molecule has 76 valence electrons. The normalized spacial score (nSPS) is 27.7. The van der Waals surface area contributed by atoms with E-state index in [-0.39, 0.29) is 5.91 Å². The number of amides is 1. The Morgan fingerprint density at radius 2 is 2.29 bits per heavy atom. The van der Waals surface area contributed by atoms with Gasteiger partial charge in [0.15, 0.2) is 0 Å². The summed E-state index contributed by atoms with van der Waals surface area (Å²) in [5, 5.41) is 0. The zero-order valence-electron chi connectivity index (χ0n) is 8.49. The molecule has 0 bridgehead atoms. The van der Waals surface area contributed by atoms with Crippen LogP contribution in [0.2, 0.25) is 0 Å². The second-order valence-electron chi connectivity index (χ2n) is 3.99. The Hall–Kier alpha value is -1.09. The second kappa shape index (κ2) is 3.58. The fourth-order valence-corrected chi connectivity index (χ4v) is 2.11. The molecule has 14 heavy (non-hydrogen) atoms. The van der Waals surface area contributed by atoms with Gasteiger partial charge >= 0.3 is 0 Å². The lowest BCUT2D eigenvalue weighted by Crippen LogP contribution is -2.41. The number of rotatable bonds is 0. The molecule has 0 saturated carbocycles. The van der Waals surface area contributed by atoms with Crippen molar-refractivity contribution in [1.29, 1.82) is 0 Å². The summed E-state index contributed by atoms with van der Waals surface area (Å²) in [5.41, 5.74) is 8.36. The minimum absolute atomic E-state index is 0.0431. The van der Waals surface area contributed by atoms with E-state index in [1.807, 2.05) is 13.1 Å². The maximum atomic E-state index is 11.7. The third-order valence-corrected chi connectivity index (χ3v) is 3.04. The highest BCUT2D eigenvalue weighted by Gasteiger charge is 2.27. The molecular weight excluding hydrogens is 176 g/mol. The van der Waals surface area contributed by atoms with Crippen LogP contribution in [-0.2, 0) is 4.79 Å². The number of hydrogen-bond donors (Lipinski definition) is 1. The summed E-state index contributed by atoms with van der Waals surface area (Å²) < 4.78 is 0. The van der Waals surface area contributed by atoms with Crippen molar-refractivity contribution in [2.75, 3.05) is 13.6 Å². The third kappa shape index (κ3) is 1.48. The van der Waals surface area contributed by atoms with E-state index in [4.69, 9.17) is 5.73 Å². The lowest BCUT2D eigenvalue weighted by Gasteiger charge is -2.18. The number of likely N-dealkylation sites (N-methyl/N-ethyl adjacent to an activating group) is 1. The summed E-state index contributed by atoms with van der Waals surface area (Å²) in [6, 6.07) is -0.436. The Labute approximate surface area is 84.3 Å². The maximum absolute atomic E-state index is 11.7. The van der Waals surface area contributed by atoms with Crippen LogP contribution >= 0.6 is 0 Å². The maximum Gasteiger partial charge on any atom is 0.243 e. The highest BCUT2D eigenvalue weighted by molar-refractivity contribution is 5.86. The van der Waals surface area contributed by atoms with Crippen LogP contribution in [0.15, 0.2) is 23.3 Å². The van der Waals surface area contributed by atoms with Crippen LogP contribution in [0.25, 0.3) is 0 Å². The highest BCUT2D eigenvalue weighted by atomic mass is 16.2. The first kappa shape index (κ1) is 9.46. The van der Waals surface area contributed by atoms with E-state index in [2.05, 4.69) is 6.08 Å². The molecule has 1 amide bonds. The van der Waals surface area contributed by atoms with E-state index >= 15 is 0 Å². The molecule has 2 rings (SSSR count). The number of carbonyl (C=O) groups excluding carboxylic acids is 1. The van der Waals surface area contributed by atoms with Gasteiger partial charge in [0.1, 0.15) is 6.04 Å². The molecule has 0 radical (unpaired) electrons. The lowest BCUT2D eigenvalue weighted by molar-refractivity contribution is -0.130. The van der Waals surface area contributed by atoms with Gasteiger partial charge in [0, 0.05) is 13.6 Å². The molecule has 1 aliphatic carbocycles. The lowest BCUT2D eigenvalue weighted by atomic mass is 9.92. The Morgan fingerprint density at radius 1 is 1.50 bits per heavy atom. The van der Waals surface area contributed by atoms with Gasteiger partial charge in [0.05, 0.1) is 0 Å². The van der Waals surface area contributed by atoms with Crippen LogP contribution < -0.4 is 5.73 Å². The summed E-state index contributed by atoms with van der Waals surface area (Å²) in [6.45, 7) is 0.805. The van der Waals surface area contributed by atoms with Gasteiger partial charge in [0.25, 0.3) is 0 Å². The summed E-state index contributed by atoms with van der Waals surface area (Å²) in [4.78, 5) is 13.5. The molecule has 0 saturated heterocycles. The quantitative estimate of drug-likeness (QED) is 0.617. The molecule has 0 aromatic rings. The van der Waals surface area contributed by atoms with Gasteiger partial charge < -0.3 is 10.6 Å². The van der Waals surface area contributed by atoms with Crippen molar-refractivity contribution in [3.63, 3.8) is 0 Å². The molecule has 3 nitrogen and oxygen atoms in total. The molecule has 1 aliphatic heterocycles. The molecular formula is C11H16N2O.